The standard InChI is InChI=1S/C14H14N4OS/c1-19-14-2-3-15-6-11(14)12-7-20-8-13(12)17-5-10-4-16-9-18-10/h2-4,6-9,17H,5H2,1H3,(H,16,18). The maximum Gasteiger partial charge on any atom is 0.129 e. The third-order valence-corrected chi connectivity index (χ3v) is 3.72. The molecule has 0 aliphatic heterocycles. The largest absolute Gasteiger partial charge is 0.496 e. The summed E-state index contributed by atoms with van der Waals surface area (Å²) in [5.41, 5.74) is 4.19. The van der Waals surface area contributed by atoms with Crippen molar-refractivity contribution in [1.82, 2.24) is 15.0 Å². The summed E-state index contributed by atoms with van der Waals surface area (Å²) in [7, 11) is 1.67. The molecule has 3 aromatic rings. The lowest BCUT2D eigenvalue weighted by molar-refractivity contribution is 0.416. The molecule has 102 valence electrons. The first kappa shape index (κ1) is 12.7. The molecular weight excluding hydrogens is 272 g/mol. The molecule has 3 aromatic heterocycles. The van der Waals surface area contributed by atoms with Gasteiger partial charge in [0, 0.05) is 40.5 Å². The highest BCUT2D eigenvalue weighted by Crippen LogP contribution is 2.36. The predicted octanol–water partition coefficient (Wildman–Crippen LogP) is 3.15. The molecule has 0 amide bonds. The van der Waals surface area contributed by atoms with Crippen molar-refractivity contribution in [3.05, 3.63) is 47.4 Å². The van der Waals surface area contributed by atoms with Gasteiger partial charge >= 0.3 is 0 Å². The van der Waals surface area contributed by atoms with Gasteiger partial charge in [0.1, 0.15) is 5.75 Å². The van der Waals surface area contributed by atoms with Crippen LogP contribution in [0.3, 0.4) is 0 Å². The normalized spacial score (nSPS) is 10.4. The van der Waals surface area contributed by atoms with Crippen LogP contribution in [0.5, 0.6) is 5.75 Å². The Morgan fingerprint density at radius 2 is 2.20 bits per heavy atom. The summed E-state index contributed by atoms with van der Waals surface area (Å²) in [5.74, 6) is 0.822. The fourth-order valence-corrected chi connectivity index (χ4v) is 2.78. The molecule has 0 aliphatic rings. The van der Waals surface area contributed by atoms with Crippen LogP contribution in [-0.4, -0.2) is 22.1 Å². The molecular formula is C14H14N4OS. The minimum Gasteiger partial charge on any atom is -0.496 e. The van der Waals surface area contributed by atoms with Crippen LogP contribution >= 0.6 is 11.3 Å². The fraction of sp³-hybridized carbons (Fsp3) is 0.143. The molecule has 0 unspecified atom stereocenters. The van der Waals surface area contributed by atoms with Crippen molar-refractivity contribution in [3.63, 3.8) is 0 Å². The van der Waals surface area contributed by atoms with E-state index in [-0.39, 0.29) is 0 Å². The van der Waals surface area contributed by atoms with Crippen molar-refractivity contribution in [2.24, 2.45) is 0 Å². The monoisotopic (exact) mass is 286 g/mol. The maximum absolute atomic E-state index is 5.40. The number of rotatable bonds is 5. The van der Waals surface area contributed by atoms with Gasteiger partial charge in [-0.05, 0) is 6.07 Å². The fourth-order valence-electron chi connectivity index (χ4n) is 1.98. The molecule has 0 aliphatic carbocycles. The first-order chi connectivity index (χ1) is 9.88. The Hall–Kier alpha value is -2.34. The molecule has 0 spiro atoms. The van der Waals surface area contributed by atoms with Crippen LogP contribution in [0.15, 0.2) is 41.7 Å². The quantitative estimate of drug-likeness (QED) is 0.756. The molecule has 6 heteroatoms. The number of ether oxygens (including phenoxy) is 1. The zero-order chi connectivity index (χ0) is 13.8. The van der Waals surface area contributed by atoms with Gasteiger partial charge in [-0.2, -0.15) is 0 Å². The van der Waals surface area contributed by atoms with E-state index in [1.165, 1.54) is 0 Å². The lowest BCUT2D eigenvalue weighted by Gasteiger charge is -2.10. The van der Waals surface area contributed by atoms with Crippen LogP contribution in [0.1, 0.15) is 5.69 Å². The highest BCUT2D eigenvalue weighted by Gasteiger charge is 2.11. The summed E-state index contributed by atoms with van der Waals surface area (Å²) in [6, 6.07) is 1.87. The van der Waals surface area contributed by atoms with Crippen LogP contribution in [-0.2, 0) is 6.54 Å². The third kappa shape index (κ3) is 2.50. The van der Waals surface area contributed by atoms with E-state index >= 15 is 0 Å². The molecule has 3 rings (SSSR count). The Balaban J connectivity index is 1.86. The number of aromatic nitrogens is 3. The second-order valence-electron chi connectivity index (χ2n) is 4.21. The Kier molecular flexibility index (Phi) is 3.64. The number of hydrogen-bond donors (Lipinski definition) is 2. The Morgan fingerprint density at radius 1 is 1.25 bits per heavy atom. The average Bonchev–Trinajstić information content (AvgIpc) is 3.16. The minimum absolute atomic E-state index is 0.701. The van der Waals surface area contributed by atoms with E-state index in [1.54, 1.807) is 31.0 Å². The lowest BCUT2D eigenvalue weighted by Crippen LogP contribution is -2.00. The van der Waals surface area contributed by atoms with Gasteiger partial charge < -0.3 is 15.0 Å². The topological polar surface area (TPSA) is 62.8 Å². The number of imidazole rings is 1. The highest BCUT2D eigenvalue weighted by atomic mass is 32.1. The molecule has 0 saturated carbocycles. The summed E-state index contributed by atoms with van der Waals surface area (Å²) >= 11 is 1.65. The number of nitrogens with one attached hydrogen (secondary N) is 2. The Labute approximate surface area is 120 Å². The molecule has 20 heavy (non-hydrogen) atoms. The van der Waals surface area contributed by atoms with Gasteiger partial charge in [-0.1, -0.05) is 0 Å². The van der Waals surface area contributed by atoms with Crippen molar-refractivity contribution in [2.75, 3.05) is 12.4 Å². The summed E-state index contributed by atoms with van der Waals surface area (Å²) in [4.78, 5) is 11.3. The lowest BCUT2D eigenvalue weighted by atomic mass is 10.1. The summed E-state index contributed by atoms with van der Waals surface area (Å²) < 4.78 is 5.40. The molecule has 0 aromatic carbocycles. The molecule has 0 saturated heterocycles. The van der Waals surface area contributed by atoms with Crippen molar-refractivity contribution in [3.8, 4) is 16.9 Å². The number of thiophene rings is 1. The predicted molar refractivity (Wildman–Crippen MR) is 80.0 cm³/mol. The van der Waals surface area contributed by atoms with Crippen molar-refractivity contribution >= 4 is 17.0 Å². The number of methoxy groups -OCH3 is 1. The SMILES string of the molecule is COc1ccncc1-c1cscc1NCc1cnc[nH]1. The van der Waals surface area contributed by atoms with Gasteiger partial charge in [0.15, 0.2) is 0 Å². The van der Waals surface area contributed by atoms with Gasteiger partial charge in [0.25, 0.3) is 0 Å². The average molecular weight is 286 g/mol. The van der Waals surface area contributed by atoms with Crippen molar-refractivity contribution in [2.45, 2.75) is 6.54 Å². The second-order valence-corrected chi connectivity index (χ2v) is 4.95. The van der Waals surface area contributed by atoms with E-state index < -0.39 is 0 Å². The first-order valence-electron chi connectivity index (χ1n) is 6.14. The van der Waals surface area contributed by atoms with Crippen LogP contribution in [0.4, 0.5) is 5.69 Å². The number of pyridine rings is 1. The van der Waals surface area contributed by atoms with E-state index in [0.29, 0.717) is 6.54 Å². The molecule has 5 nitrogen and oxygen atoms in total. The molecule has 2 N–H and O–H groups in total. The number of nitrogens with zero attached hydrogens (tertiary/aromatic N) is 2. The molecule has 0 fully saturated rings. The Bertz CT molecular complexity index is 678. The summed E-state index contributed by atoms with van der Waals surface area (Å²) in [6.07, 6.45) is 7.04. The molecule has 0 bridgehead atoms. The van der Waals surface area contributed by atoms with Gasteiger partial charge in [-0.15, -0.1) is 11.3 Å². The number of aromatic amines is 1. The smallest absolute Gasteiger partial charge is 0.129 e. The second kappa shape index (κ2) is 5.75. The molecule has 3 heterocycles. The highest BCUT2D eigenvalue weighted by molar-refractivity contribution is 7.08. The van der Waals surface area contributed by atoms with Crippen LogP contribution in [0, 0.1) is 0 Å². The van der Waals surface area contributed by atoms with E-state index in [1.807, 2.05) is 18.5 Å². The molecule has 0 atom stereocenters. The van der Waals surface area contributed by atoms with Crippen LogP contribution in [0.2, 0.25) is 0 Å². The zero-order valence-electron chi connectivity index (χ0n) is 11.0. The van der Waals surface area contributed by atoms with E-state index in [2.05, 4.69) is 31.0 Å². The van der Waals surface area contributed by atoms with Gasteiger partial charge in [-0.3, -0.25) is 4.98 Å². The van der Waals surface area contributed by atoms with E-state index in [0.717, 1.165) is 28.3 Å². The molecule has 0 radical (unpaired) electrons. The Morgan fingerprint density at radius 3 is 3.00 bits per heavy atom. The van der Waals surface area contributed by atoms with Gasteiger partial charge in [0.05, 0.1) is 31.4 Å². The van der Waals surface area contributed by atoms with Gasteiger partial charge in [0.2, 0.25) is 0 Å². The van der Waals surface area contributed by atoms with Crippen LogP contribution in [0.25, 0.3) is 11.1 Å². The first-order valence-corrected chi connectivity index (χ1v) is 7.08. The van der Waals surface area contributed by atoms with E-state index in [4.69, 9.17) is 4.74 Å². The van der Waals surface area contributed by atoms with Crippen molar-refractivity contribution < 1.29 is 4.74 Å². The van der Waals surface area contributed by atoms with Crippen LogP contribution < -0.4 is 10.1 Å². The maximum atomic E-state index is 5.40. The number of H-pyrrole nitrogens is 1. The minimum atomic E-state index is 0.701. The third-order valence-electron chi connectivity index (χ3n) is 2.98. The van der Waals surface area contributed by atoms with E-state index in [9.17, 15) is 0 Å². The summed E-state index contributed by atoms with van der Waals surface area (Å²) in [5, 5.41) is 7.57. The zero-order valence-corrected chi connectivity index (χ0v) is 11.8. The van der Waals surface area contributed by atoms with Crippen molar-refractivity contribution in [1.29, 1.82) is 0 Å². The number of hydrogen-bond acceptors (Lipinski definition) is 5. The summed E-state index contributed by atoms with van der Waals surface area (Å²) in [6.45, 7) is 0.701. The number of anilines is 1. The van der Waals surface area contributed by atoms with Gasteiger partial charge in [-0.25, -0.2) is 4.98 Å².